The van der Waals surface area contributed by atoms with Crippen LogP contribution in [0.3, 0.4) is 0 Å². The van der Waals surface area contributed by atoms with Gasteiger partial charge in [0.05, 0.1) is 22.3 Å². The highest BCUT2D eigenvalue weighted by atomic mass is 19.4. The largest absolute Gasteiger partial charge is 0.478 e. The third-order valence-corrected chi connectivity index (χ3v) is 4.23. The maximum Gasteiger partial charge on any atom is 0.417 e. The van der Waals surface area contributed by atoms with Crippen molar-refractivity contribution in [2.75, 3.05) is 0 Å². The zero-order valence-electron chi connectivity index (χ0n) is 19.5. The summed E-state index contributed by atoms with van der Waals surface area (Å²) in [6.07, 6.45) is -9.92. The Morgan fingerprint density at radius 3 is 1.45 bits per heavy atom. The molecule has 2 N–H and O–H groups in total. The van der Waals surface area contributed by atoms with Gasteiger partial charge in [-0.3, -0.25) is 9.59 Å². The van der Waals surface area contributed by atoms with Gasteiger partial charge >= 0.3 is 48.2 Å². The number of cyclic esters (lactones) is 2. The van der Waals surface area contributed by atoms with Crippen molar-refractivity contribution in [2.24, 2.45) is 0 Å². The van der Waals surface area contributed by atoms with Crippen molar-refractivity contribution < 1.29 is 83.6 Å². The highest BCUT2D eigenvalue weighted by Gasteiger charge is 2.44. The topological polar surface area (TPSA) is 161 Å². The van der Waals surface area contributed by atoms with E-state index >= 15 is 0 Å². The van der Waals surface area contributed by atoms with Gasteiger partial charge in [-0.1, -0.05) is 0 Å². The lowest BCUT2D eigenvalue weighted by Gasteiger charge is -2.12. The van der Waals surface area contributed by atoms with Crippen LogP contribution in [0.1, 0.15) is 66.4 Å². The van der Waals surface area contributed by atoms with Crippen molar-refractivity contribution in [3.63, 3.8) is 0 Å². The van der Waals surface area contributed by atoms with Crippen LogP contribution in [-0.2, 0) is 31.4 Å². The molecule has 1 aliphatic heterocycles. The fourth-order valence-corrected chi connectivity index (χ4v) is 2.86. The average Bonchev–Trinajstić information content (AvgIpc) is 3.06. The Balaban J connectivity index is 0.000000326. The molecule has 0 unspecified atom stereocenters. The summed E-state index contributed by atoms with van der Waals surface area (Å²) < 4.78 is 108. The molecule has 0 aromatic heterocycles. The van der Waals surface area contributed by atoms with E-state index in [4.69, 9.17) is 10.2 Å². The zero-order valence-corrected chi connectivity index (χ0v) is 19.5. The van der Waals surface area contributed by atoms with Crippen molar-refractivity contribution in [1.82, 2.24) is 0 Å². The van der Waals surface area contributed by atoms with E-state index in [1.165, 1.54) is 13.8 Å². The summed E-state index contributed by atoms with van der Waals surface area (Å²) in [6.45, 7) is 2.36. The number of halogens is 8. The molecule has 216 valence electrons. The van der Waals surface area contributed by atoms with Crippen LogP contribution in [0.4, 0.5) is 35.1 Å². The smallest absolute Gasteiger partial charge is 0.417 e. The van der Waals surface area contributed by atoms with Crippen molar-refractivity contribution in [3.8, 4) is 0 Å². The Hall–Kier alpha value is -4.90. The van der Waals surface area contributed by atoms with Crippen LogP contribution in [0, 0.1) is 11.6 Å². The Labute approximate surface area is 215 Å². The number of fused-ring (bicyclic) bond motifs is 1. The Bertz CT molecular complexity index is 1380. The number of hydrogen-bond donors (Lipinski definition) is 2. The first-order valence-electron chi connectivity index (χ1n) is 9.82. The molecule has 0 saturated heterocycles. The number of carboxylic acids is 2. The van der Waals surface area contributed by atoms with E-state index in [2.05, 4.69) is 9.47 Å². The van der Waals surface area contributed by atoms with Crippen molar-refractivity contribution >= 4 is 35.8 Å². The molecule has 0 spiro atoms. The van der Waals surface area contributed by atoms with E-state index in [-0.39, 0.29) is 12.1 Å². The molecule has 1 aliphatic rings. The van der Waals surface area contributed by atoms with Gasteiger partial charge < -0.3 is 19.7 Å². The van der Waals surface area contributed by atoms with Gasteiger partial charge in [0, 0.05) is 13.8 Å². The minimum Gasteiger partial charge on any atom is -0.478 e. The quantitative estimate of drug-likeness (QED) is 0.291. The van der Waals surface area contributed by atoms with Gasteiger partial charge in [-0.15, -0.1) is 0 Å². The van der Waals surface area contributed by atoms with Crippen molar-refractivity contribution in [1.29, 1.82) is 0 Å². The molecule has 40 heavy (non-hydrogen) atoms. The first-order valence-corrected chi connectivity index (χ1v) is 9.82. The number of carbonyl (C=O) groups excluding carboxylic acids is 4. The molecule has 2 aromatic carbocycles. The zero-order chi connectivity index (χ0) is 31.3. The van der Waals surface area contributed by atoms with Gasteiger partial charge in [0.25, 0.3) is 0 Å². The maximum atomic E-state index is 13.1. The fraction of sp³-hybridized carbons (Fsp3) is 0.182. The van der Waals surface area contributed by atoms with Crippen LogP contribution in [0.25, 0.3) is 0 Å². The average molecular weight is 588 g/mol. The minimum absolute atomic E-state index is 0.186. The van der Waals surface area contributed by atoms with Crippen molar-refractivity contribution in [3.05, 3.63) is 69.3 Å². The lowest BCUT2D eigenvalue weighted by molar-refractivity contribution is -0.156. The van der Waals surface area contributed by atoms with Gasteiger partial charge in [0.1, 0.15) is 22.8 Å². The van der Waals surface area contributed by atoms with E-state index in [0.717, 1.165) is 0 Å². The molecule has 0 radical (unpaired) electrons. The molecule has 3 rings (SSSR count). The first-order chi connectivity index (χ1) is 18.1. The van der Waals surface area contributed by atoms with E-state index in [9.17, 15) is 63.9 Å². The van der Waals surface area contributed by atoms with Crippen molar-refractivity contribution in [2.45, 2.75) is 26.2 Å². The van der Waals surface area contributed by atoms with Crippen LogP contribution < -0.4 is 0 Å². The number of aromatic carboxylic acids is 2. The second-order valence-electron chi connectivity index (χ2n) is 7.06. The Morgan fingerprint density at radius 2 is 1.07 bits per heavy atom. The molecule has 10 nitrogen and oxygen atoms in total. The summed E-state index contributed by atoms with van der Waals surface area (Å²) in [7, 11) is 0. The summed E-state index contributed by atoms with van der Waals surface area (Å²) in [5.41, 5.74) is -8.21. The third kappa shape index (κ3) is 8.05. The number of esters is 4. The summed E-state index contributed by atoms with van der Waals surface area (Å²) >= 11 is 0. The lowest BCUT2D eigenvalue weighted by Crippen LogP contribution is -2.19. The number of rotatable bonds is 2. The molecule has 18 heteroatoms. The lowest BCUT2D eigenvalue weighted by atomic mass is 10.00. The van der Waals surface area contributed by atoms with Crippen LogP contribution in [0.5, 0.6) is 0 Å². The number of ether oxygens (including phenoxy) is 2. The molecule has 2 aromatic rings. The predicted molar refractivity (Wildman–Crippen MR) is 109 cm³/mol. The predicted octanol–water partition coefficient (Wildman–Crippen LogP) is 4.49. The van der Waals surface area contributed by atoms with E-state index < -0.39 is 93.2 Å². The van der Waals surface area contributed by atoms with Gasteiger partial charge in [0.2, 0.25) is 0 Å². The van der Waals surface area contributed by atoms with Gasteiger partial charge in [-0.05, 0) is 24.3 Å². The summed E-state index contributed by atoms with van der Waals surface area (Å²) in [6, 6.07) is 1.32. The summed E-state index contributed by atoms with van der Waals surface area (Å²) in [5, 5.41) is 17.1. The first kappa shape index (κ1) is 33.1. The molecule has 0 amide bonds. The molecule has 0 aliphatic carbocycles. The number of hydrogen-bond acceptors (Lipinski definition) is 8. The standard InChI is InChI=1S/C9H4F4O4.C9H2F4O3.C4H6O3/c10-4-2-1-3(9(11,12)13)5(7(14)15)6(4)8(16)17;10-4-2-1-3(9(11,12)13)5-6(4)8(15)16-7(5)14;1-3(5)7-4(2)6/h1-2H,(H,14,15)(H,16,17);1-2H;1-2H3. The molecular formula is C22H12F8O10. The Kier molecular flexibility index (Phi) is 10.2. The molecule has 0 fully saturated rings. The normalized spacial score (nSPS) is 12.2. The van der Waals surface area contributed by atoms with Gasteiger partial charge in [-0.25, -0.2) is 28.0 Å². The fourth-order valence-electron chi connectivity index (χ4n) is 2.86. The number of benzene rings is 2. The molecule has 0 bridgehead atoms. The van der Waals surface area contributed by atoms with Crippen LogP contribution in [0.15, 0.2) is 24.3 Å². The second-order valence-corrected chi connectivity index (χ2v) is 7.06. The molecule has 0 atom stereocenters. The van der Waals surface area contributed by atoms with Crippen LogP contribution >= 0.6 is 0 Å². The Morgan fingerprint density at radius 1 is 0.675 bits per heavy atom. The van der Waals surface area contributed by atoms with E-state index in [1.54, 1.807) is 0 Å². The van der Waals surface area contributed by atoms with Crippen LogP contribution in [-0.4, -0.2) is 46.0 Å². The molecule has 1 heterocycles. The molecule has 0 saturated carbocycles. The number of carboxylic acid groups (broad SMARTS) is 2. The van der Waals surface area contributed by atoms with E-state index in [0.29, 0.717) is 12.1 Å². The molecular weight excluding hydrogens is 576 g/mol. The second kappa shape index (κ2) is 12.3. The summed E-state index contributed by atoms with van der Waals surface area (Å²) in [4.78, 5) is 62.7. The van der Waals surface area contributed by atoms with Crippen LogP contribution in [0.2, 0.25) is 0 Å². The van der Waals surface area contributed by atoms with Gasteiger partial charge in [-0.2, -0.15) is 26.3 Å². The summed E-state index contributed by atoms with van der Waals surface area (Å²) in [5.74, 6) is -11.0. The number of alkyl halides is 6. The van der Waals surface area contributed by atoms with E-state index in [1.807, 2.05) is 0 Å². The SMILES string of the molecule is CC(=O)OC(C)=O.O=C(O)c1c(F)ccc(C(F)(F)F)c1C(=O)O.O=C1OC(=O)c2c(C(F)(F)F)ccc(F)c21. The monoisotopic (exact) mass is 588 g/mol. The van der Waals surface area contributed by atoms with Gasteiger partial charge in [0.15, 0.2) is 0 Å². The highest BCUT2D eigenvalue weighted by molar-refractivity contribution is 6.15. The maximum absolute atomic E-state index is 13.1. The highest BCUT2D eigenvalue weighted by Crippen LogP contribution is 2.37. The third-order valence-electron chi connectivity index (χ3n) is 4.23. The number of carbonyl (C=O) groups is 6. The minimum atomic E-state index is -5.08.